The van der Waals surface area contributed by atoms with Crippen LogP contribution in [0.4, 0.5) is 0 Å². The zero-order chi connectivity index (χ0) is 10.7. The fourth-order valence-corrected chi connectivity index (χ4v) is 1.47. The summed E-state index contributed by atoms with van der Waals surface area (Å²) in [4.78, 5) is 11.4. The molecule has 0 atom stereocenters. The Morgan fingerprint density at radius 2 is 1.33 bits per heavy atom. The molecule has 0 N–H and O–H groups in total. The Balaban J connectivity index is 2.57. The molecular weight excluding hydrogens is 184 g/mol. The zero-order valence-corrected chi connectivity index (χ0v) is 8.60. The lowest BCUT2D eigenvalue weighted by molar-refractivity contribution is 1.43. The van der Waals surface area contributed by atoms with Crippen molar-refractivity contribution < 1.29 is 0 Å². The quantitative estimate of drug-likeness (QED) is 0.685. The van der Waals surface area contributed by atoms with Crippen LogP contribution in [-0.4, -0.2) is 0 Å². The van der Waals surface area contributed by atoms with E-state index < -0.39 is 0 Å². The molecule has 2 aromatic carbocycles. The van der Waals surface area contributed by atoms with Crippen LogP contribution in [0.5, 0.6) is 0 Å². The molecule has 15 heavy (non-hydrogen) atoms. The maximum absolute atomic E-state index is 11.4. The smallest absolute Gasteiger partial charge is 0.181 e. The van der Waals surface area contributed by atoms with Crippen molar-refractivity contribution in [1.29, 1.82) is 0 Å². The number of benzene rings is 1. The molecule has 0 heterocycles. The largest absolute Gasteiger partial charge is 0.290 e. The highest BCUT2D eigenvalue weighted by molar-refractivity contribution is 5.62. The van der Waals surface area contributed by atoms with Gasteiger partial charge in [-0.2, -0.15) is 0 Å². The summed E-state index contributed by atoms with van der Waals surface area (Å²) in [6, 6.07) is 17.4. The SMILES string of the molecule is Cc1ccc(-c2ccccc2)ccc1=O. The minimum absolute atomic E-state index is 0.0807. The molecule has 0 unspecified atom stereocenters. The third-order valence-electron chi connectivity index (χ3n) is 2.42. The van der Waals surface area contributed by atoms with Crippen LogP contribution < -0.4 is 5.43 Å². The van der Waals surface area contributed by atoms with Gasteiger partial charge in [0.2, 0.25) is 0 Å². The summed E-state index contributed by atoms with van der Waals surface area (Å²) in [5.41, 5.74) is 3.06. The molecule has 1 heteroatoms. The normalized spacial score (nSPS) is 9.93. The van der Waals surface area contributed by atoms with E-state index in [2.05, 4.69) is 0 Å². The number of rotatable bonds is 1. The van der Waals surface area contributed by atoms with Crippen molar-refractivity contribution in [2.75, 3.05) is 0 Å². The molecule has 0 fully saturated rings. The zero-order valence-electron chi connectivity index (χ0n) is 8.60. The maximum atomic E-state index is 11.4. The Kier molecular flexibility index (Phi) is 2.64. The van der Waals surface area contributed by atoms with Gasteiger partial charge in [0.25, 0.3) is 0 Å². The Labute approximate surface area is 89.0 Å². The van der Waals surface area contributed by atoms with Gasteiger partial charge < -0.3 is 0 Å². The second-order valence-electron chi connectivity index (χ2n) is 3.54. The van der Waals surface area contributed by atoms with Gasteiger partial charge in [-0.3, -0.25) is 4.79 Å². The summed E-state index contributed by atoms with van der Waals surface area (Å²) in [5.74, 6) is 0. The third kappa shape index (κ3) is 2.13. The fraction of sp³-hybridized carbons (Fsp3) is 0.0714. The van der Waals surface area contributed by atoms with Gasteiger partial charge in [0.1, 0.15) is 0 Å². The molecule has 0 aliphatic carbocycles. The van der Waals surface area contributed by atoms with Crippen LogP contribution in [0.15, 0.2) is 59.4 Å². The first-order valence-electron chi connectivity index (χ1n) is 4.94. The Bertz CT molecular complexity index is 515. The number of hydrogen-bond acceptors (Lipinski definition) is 1. The topological polar surface area (TPSA) is 17.1 Å². The summed E-state index contributed by atoms with van der Waals surface area (Å²) < 4.78 is 0. The summed E-state index contributed by atoms with van der Waals surface area (Å²) in [6.45, 7) is 1.83. The summed E-state index contributed by atoms with van der Waals surface area (Å²) in [6.07, 6.45) is 0. The van der Waals surface area contributed by atoms with E-state index >= 15 is 0 Å². The second-order valence-corrected chi connectivity index (χ2v) is 3.54. The van der Waals surface area contributed by atoms with Crippen LogP contribution in [0.2, 0.25) is 0 Å². The molecule has 1 nitrogen and oxygen atoms in total. The monoisotopic (exact) mass is 196 g/mol. The van der Waals surface area contributed by atoms with Crippen molar-refractivity contribution in [3.05, 3.63) is 70.4 Å². The standard InChI is InChI=1S/C14H12O/c1-11-7-8-13(9-10-14(11)15)12-5-3-2-4-6-12/h2-10H,1H3. The molecule has 0 spiro atoms. The highest BCUT2D eigenvalue weighted by atomic mass is 16.1. The van der Waals surface area contributed by atoms with Gasteiger partial charge >= 0.3 is 0 Å². The van der Waals surface area contributed by atoms with Crippen LogP contribution in [0.1, 0.15) is 5.56 Å². The first kappa shape index (κ1) is 9.66. The van der Waals surface area contributed by atoms with Crippen molar-refractivity contribution in [2.24, 2.45) is 0 Å². The molecular formula is C14H12O. The Hall–Kier alpha value is -1.89. The van der Waals surface area contributed by atoms with E-state index in [0.717, 1.165) is 16.7 Å². The minimum Gasteiger partial charge on any atom is -0.290 e. The minimum atomic E-state index is 0.0807. The summed E-state index contributed by atoms with van der Waals surface area (Å²) in [7, 11) is 0. The van der Waals surface area contributed by atoms with E-state index in [0.29, 0.717) is 0 Å². The highest BCUT2D eigenvalue weighted by Gasteiger charge is 1.95. The molecule has 0 bridgehead atoms. The predicted molar refractivity (Wildman–Crippen MR) is 62.9 cm³/mol. The van der Waals surface area contributed by atoms with Crippen molar-refractivity contribution in [2.45, 2.75) is 6.92 Å². The lowest BCUT2D eigenvalue weighted by atomic mass is 10.1. The fourth-order valence-electron chi connectivity index (χ4n) is 1.47. The molecule has 0 saturated carbocycles. The van der Waals surface area contributed by atoms with Crippen molar-refractivity contribution in [1.82, 2.24) is 0 Å². The maximum Gasteiger partial charge on any atom is 0.181 e. The van der Waals surface area contributed by atoms with Crippen molar-refractivity contribution in [3.8, 4) is 11.1 Å². The van der Waals surface area contributed by atoms with Crippen LogP contribution in [0, 0.1) is 6.92 Å². The summed E-state index contributed by atoms with van der Waals surface area (Å²) in [5, 5.41) is 0. The van der Waals surface area contributed by atoms with E-state index in [1.807, 2.05) is 55.5 Å². The molecule has 74 valence electrons. The lowest BCUT2D eigenvalue weighted by Gasteiger charge is -1.96. The molecule has 0 amide bonds. The van der Waals surface area contributed by atoms with Crippen LogP contribution in [0.3, 0.4) is 0 Å². The van der Waals surface area contributed by atoms with Crippen LogP contribution in [-0.2, 0) is 0 Å². The Morgan fingerprint density at radius 1 is 0.733 bits per heavy atom. The third-order valence-corrected chi connectivity index (χ3v) is 2.42. The second kappa shape index (κ2) is 4.09. The van der Waals surface area contributed by atoms with Crippen molar-refractivity contribution in [3.63, 3.8) is 0 Å². The van der Waals surface area contributed by atoms with Crippen LogP contribution in [0.25, 0.3) is 11.1 Å². The average Bonchev–Trinajstić information content (AvgIpc) is 2.44. The molecule has 0 aliphatic heterocycles. The predicted octanol–water partition coefficient (Wildman–Crippen LogP) is 3.02. The Morgan fingerprint density at radius 3 is 2.07 bits per heavy atom. The van der Waals surface area contributed by atoms with Gasteiger partial charge in [0.05, 0.1) is 0 Å². The molecule has 0 aliphatic rings. The molecule has 2 rings (SSSR count). The van der Waals surface area contributed by atoms with E-state index in [1.54, 1.807) is 6.07 Å². The van der Waals surface area contributed by atoms with E-state index in [-0.39, 0.29) is 5.43 Å². The van der Waals surface area contributed by atoms with E-state index in [4.69, 9.17) is 0 Å². The van der Waals surface area contributed by atoms with Gasteiger partial charge in [-0.1, -0.05) is 48.5 Å². The number of aryl methyl sites for hydroxylation is 1. The van der Waals surface area contributed by atoms with Gasteiger partial charge in [0, 0.05) is 0 Å². The molecule has 0 aromatic heterocycles. The molecule has 0 saturated heterocycles. The lowest BCUT2D eigenvalue weighted by Crippen LogP contribution is -1.96. The summed E-state index contributed by atoms with van der Waals surface area (Å²) >= 11 is 0. The first-order valence-corrected chi connectivity index (χ1v) is 4.94. The molecule has 0 radical (unpaired) electrons. The van der Waals surface area contributed by atoms with Gasteiger partial charge in [0.15, 0.2) is 5.43 Å². The molecule has 2 aromatic rings. The van der Waals surface area contributed by atoms with Gasteiger partial charge in [-0.25, -0.2) is 0 Å². The first-order chi connectivity index (χ1) is 7.27. The van der Waals surface area contributed by atoms with Crippen molar-refractivity contribution >= 4 is 0 Å². The van der Waals surface area contributed by atoms with Crippen LogP contribution >= 0.6 is 0 Å². The van der Waals surface area contributed by atoms with E-state index in [9.17, 15) is 4.79 Å². The van der Waals surface area contributed by atoms with Gasteiger partial charge in [-0.05, 0) is 29.7 Å². The van der Waals surface area contributed by atoms with Gasteiger partial charge in [-0.15, -0.1) is 0 Å². The highest BCUT2D eigenvalue weighted by Crippen LogP contribution is 2.16. The number of hydrogen-bond donors (Lipinski definition) is 0. The van der Waals surface area contributed by atoms with E-state index in [1.165, 1.54) is 0 Å². The average molecular weight is 196 g/mol.